The zero-order valence-corrected chi connectivity index (χ0v) is 11.7. The van der Waals surface area contributed by atoms with Crippen LogP contribution in [0.4, 0.5) is 0 Å². The SMILES string of the molecule is CCCN(CC(=O)O)C(=O)c1csc(-c2ccoc2)n1. The first-order valence-electron chi connectivity index (χ1n) is 6.11. The highest BCUT2D eigenvalue weighted by Gasteiger charge is 2.20. The molecule has 0 bridgehead atoms. The first-order chi connectivity index (χ1) is 9.61. The van der Waals surface area contributed by atoms with E-state index in [2.05, 4.69) is 4.98 Å². The molecule has 6 nitrogen and oxygen atoms in total. The highest BCUT2D eigenvalue weighted by atomic mass is 32.1. The molecule has 0 fully saturated rings. The predicted molar refractivity (Wildman–Crippen MR) is 73.6 cm³/mol. The van der Waals surface area contributed by atoms with Crippen molar-refractivity contribution >= 4 is 23.2 Å². The van der Waals surface area contributed by atoms with Crippen molar-refractivity contribution in [1.29, 1.82) is 0 Å². The minimum Gasteiger partial charge on any atom is -0.480 e. The molecule has 1 amide bonds. The average molecular weight is 294 g/mol. The molecule has 0 aliphatic carbocycles. The van der Waals surface area contributed by atoms with Crippen molar-refractivity contribution in [2.75, 3.05) is 13.1 Å². The molecular formula is C13H14N2O4S. The van der Waals surface area contributed by atoms with Crippen LogP contribution in [0.1, 0.15) is 23.8 Å². The maximum atomic E-state index is 12.2. The fraction of sp³-hybridized carbons (Fsp3) is 0.308. The van der Waals surface area contributed by atoms with Gasteiger partial charge in [0.15, 0.2) is 0 Å². The topological polar surface area (TPSA) is 83.6 Å². The summed E-state index contributed by atoms with van der Waals surface area (Å²) in [7, 11) is 0. The molecule has 0 spiro atoms. The van der Waals surface area contributed by atoms with Gasteiger partial charge in [0.25, 0.3) is 5.91 Å². The van der Waals surface area contributed by atoms with Gasteiger partial charge in [-0.3, -0.25) is 9.59 Å². The van der Waals surface area contributed by atoms with Gasteiger partial charge in [0.05, 0.1) is 6.26 Å². The van der Waals surface area contributed by atoms with Crippen LogP contribution in [0, 0.1) is 0 Å². The second-order valence-electron chi connectivity index (χ2n) is 4.17. The summed E-state index contributed by atoms with van der Waals surface area (Å²) in [4.78, 5) is 28.6. The summed E-state index contributed by atoms with van der Waals surface area (Å²) in [5.41, 5.74) is 1.07. The first kappa shape index (κ1) is 14.3. The summed E-state index contributed by atoms with van der Waals surface area (Å²) < 4.78 is 4.97. The third kappa shape index (κ3) is 3.24. The van der Waals surface area contributed by atoms with E-state index >= 15 is 0 Å². The third-order valence-corrected chi connectivity index (χ3v) is 3.49. The molecule has 0 radical (unpaired) electrons. The van der Waals surface area contributed by atoms with Crippen LogP contribution in [-0.2, 0) is 4.79 Å². The van der Waals surface area contributed by atoms with E-state index in [1.807, 2.05) is 6.92 Å². The maximum Gasteiger partial charge on any atom is 0.323 e. The third-order valence-electron chi connectivity index (χ3n) is 2.60. The monoisotopic (exact) mass is 294 g/mol. The van der Waals surface area contributed by atoms with Gasteiger partial charge in [0.2, 0.25) is 0 Å². The summed E-state index contributed by atoms with van der Waals surface area (Å²) in [6, 6.07) is 1.76. The molecule has 0 saturated heterocycles. The van der Waals surface area contributed by atoms with E-state index in [0.717, 1.165) is 5.56 Å². The molecule has 0 aromatic carbocycles. The Labute approximate surface area is 119 Å². The number of carbonyl (C=O) groups is 2. The number of aromatic nitrogens is 1. The summed E-state index contributed by atoms with van der Waals surface area (Å²) in [5.74, 6) is -1.39. The normalized spacial score (nSPS) is 10.4. The Hall–Kier alpha value is -2.15. The number of carboxylic acids is 1. The molecule has 0 atom stereocenters. The largest absolute Gasteiger partial charge is 0.480 e. The van der Waals surface area contributed by atoms with Crippen LogP contribution < -0.4 is 0 Å². The number of hydrogen-bond acceptors (Lipinski definition) is 5. The molecule has 1 N–H and O–H groups in total. The van der Waals surface area contributed by atoms with E-state index in [1.165, 1.54) is 22.5 Å². The fourth-order valence-electron chi connectivity index (χ4n) is 1.74. The second kappa shape index (κ2) is 6.33. The van der Waals surface area contributed by atoms with Gasteiger partial charge in [-0.15, -0.1) is 11.3 Å². The number of nitrogens with zero attached hydrogens (tertiary/aromatic N) is 2. The summed E-state index contributed by atoms with van der Waals surface area (Å²) >= 11 is 1.32. The Kier molecular flexibility index (Phi) is 4.52. The molecule has 0 aliphatic rings. The Morgan fingerprint density at radius 2 is 2.30 bits per heavy atom. The molecule has 0 saturated carbocycles. The van der Waals surface area contributed by atoms with Gasteiger partial charge in [0, 0.05) is 17.5 Å². The lowest BCUT2D eigenvalue weighted by atomic mass is 10.3. The van der Waals surface area contributed by atoms with Crippen LogP contribution >= 0.6 is 11.3 Å². The van der Waals surface area contributed by atoms with Gasteiger partial charge >= 0.3 is 5.97 Å². The zero-order valence-electron chi connectivity index (χ0n) is 10.9. The Morgan fingerprint density at radius 3 is 2.90 bits per heavy atom. The standard InChI is InChI=1S/C13H14N2O4S/c1-2-4-15(6-11(16)17)13(18)10-8-20-12(14-10)9-3-5-19-7-9/h3,5,7-8H,2,4,6H2,1H3,(H,16,17). The number of thiazole rings is 1. The number of rotatable bonds is 6. The number of hydrogen-bond donors (Lipinski definition) is 1. The van der Waals surface area contributed by atoms with Crippen LogP contribution in [0.15, 0.2) is 28.4 Å². The van der Waals surface area contributed by atoms with Crippen molar-refractivity contribution in [2.24, 2.45) is 0 Å². The van der Waals surface area contributed by atoms with Gasteiger partial charge in [0.1, 0.15) is 23.5 Å². The number of carboxylic acid groups (broad SMARTS) is 1. The van der Waals surface area contributed by atoms with Crippen molar-refractivity contribution in [3.8, 4) is 10.6 Å². The smallest absolute Gasteiger partial charge is 0.323 e. The van der Waals surface area contributed by atoms with E-state index in [1.54, 1.807) is 17.7 Å². The molecule has 0 unspecified atom stereocenters. The molecule has 106 valence electrons. The minimum absolute atomic E-state index is 0.265. The highest BCUT2D eigenvalue weighted by molar-refractivity contribution is 7.13. The van der Waals surface area contributed by atoms with Crippen molar-refractivity contribution in [2.45, 2.75) is 13.3 Å². The van der Waals surface area contributed by atoms with Gasteiger partial charge in [-0.2, -0.15) is 0 Å². The zero-order chi connectivity index (χ0) is 14.5. The van der Waals surface area contributed by atoms with E-state index in [4.69, 9.17) is 9.52 Å². The molecule has 2 aromatic heterocycles. The number of amides is 1. The second-order valence-corrected chi connectivity index (χ2v) is 5.03. The number of carbonyl (C=O) groups excluding carboxylic acids is 1. The summed E-state index contributed by atoms with van der Waals surface area (Å²) in [5, 5.41) is 11.1. The van der Waals surface area contributed by atoms with E-state index in [0.29, 0.717) is 18.0 Å². The van der Waals surface area contributed by atoms with Crippen LogP contribution in [0.5, 0.6) is 0 Å². The molecule has 0 aliphatic heterocycles. The predicted octanol–water partition coefficient (Wildman–Crippen LogP) is 2.34. The van der Waals surface area contributed by atoms with Crippen molar-refractivity contribution in [1.82, 2.24) is 9.88 Å². The number of aliphatic carboxylic acids is 1. The van der Waals surface area contributed by atoms with Crippen molar-refractivity contribution in [3.63, 3.8) is 0 Å². The lowest BCUT2D eigenvalue weighted by Gasteiger charge is -2.18. The van der Waals surface area contributed by atoms with E-state index in [9.17, 15) is 9.59 Å². The van der Waals surface area contributed by atoms with Crippen molar-refractivity contribution < 1.29 is 19.1 Å². The van der Waals surface area contributed by atoms with Crippen LogP contribution in [-0.4, -0.2) is 40.0 Å². The lowest BCUT2D eigenvalue weighted by molar-refractivity contribution is -0.137. The molecular weight excluding hydrogens is 280 g/mol. The molecule has 2 aromatic rings. The molecule has 7 heteroatoms. The Morgan fingerprint density at radius 1 is 1.50 bits per heavy atom. The van der Waals surface area contributed by atoms with Gasteiger partial charge in [-0.05, 0) is 12.5 Å². The van der Waals surface area contributed by atoms with Crippen molar-refractivity contribution in [3.05, 3.63) is 29.7 Å². The van der Waals surface area contributed by atoms with E-state index < -0.39 is 5.97 Å². The van der Waals surface area contributed by atoms with Crippen LogP contribution in [0.2, 0.25) is 0 Å². The molecule has 20 heavy (non-hydrogen) atoms. The quantitative estimate of drug-likeness (QED) is 0.884. The van der Waals surface area contributed by atoms with Crippen LogP contribution in [0.3, 0.4) is 0 Å². The van der Waals surface area contributed by atoms with Gasteiger partial charge in [-0.25, -0.2) is 4.98 Å². The van der Waals surface area contributed by atoms with E-state index in [-0.39, 0.29) is 18.1 Å². The Bertz CT molecular complexity index is 591. The summed E-state index contributed by atoms with van der Waals surface area (Å²) in [6.45, 7) is 1.97. The minimum atomic E-state index is -1.03. The average Bonchev–Trinajstić information content (AvgIpc) is 3.07. The maximum absolute atomic E-state index is 12.2. The highest BCUT2D eigenvalue weighted by Crippen LogP contribution is 2.24. The van der Waals surface area contributed by atoms with Gasteiger partial charge in [-0.1, -0.05) is 6.92 Å². The molecule has 2 heterocycles. The summed E-state index contributed by atoms with van der Waals surface area (Å²) in [6.07, 6.45) is 3.78. The Balaban J connectivity index is 2.17. The van der Waals surface area contributed by atoms with Crippen LogP contribution in [0.25, 0.3) is 10.6 Å². The van der Waals surface area contributed by atoms with Gasteiger partial charge < -0.3 is 14.4 Å². The first-order valence-corrected chi connectivity index (χ1v) is 6.99. The number of furan rings is 1. The molecule has 2 rings (SSSR count). The lowest BCUT2D eigenvalue weighted by Crippen LogP contribution is -2.36. The fourth-order valence-corrected chi connectivity index (χ4v) is 2.52.